The highest BCUT2D eigenvalue weighted by molar-refractivity contribution is 6.41. The van der Waals surface area contributed by atoms with Gasteiger partial charge >= 0.3 is 0 Å². The van der Waals surface area contributed by atoms with Crippen LogP contribution in [-0.2, 0) is 13.0 Å². The van der Waals surface area contributed by atoms with Crippen molar-refractivity contribution < 1.29 is 9.47 Å². The van der Waals surface area contributed by atoms with Crippen molar-refractivity contribution in [2.75, 3.05) is 63.1 Å². The van der Waals surface area contributed by atoms with Crippen molar-refractivity contribution in [3.05, 3.63) is 51.9 Å². The molecule has 1 fully saturated rings. The SMILES string of the molecule is COc1cc(OC)c(Cl)c(N2CCc3nc(Nc4ccc(N5CCC(N(C)C)CC5)nc4)ncc3C2)c1Cl. The number of nitrogens with zero attached hydrogens (tertiary/aromatic N) is 6. The first kappa shape index (κ1) is 26.6. The van der Waals surface area contributed by atoms with Crippen LogP contribution < -0.4 is 24.6 Å². The Kier molecular flexibility index (Phi) is 7.97. The minimum atomic E-state index is 0.457. The number of fused-ring (bicyclic) bond motifs is 1. The Morgan fingerprint density at radius 1 is 0.947 bits per heavy atom. The zero-order valence-electron chi connectivity index (χ0n) is 22.2. The molecule has 0 saturated carbocycles. The van der Waals surface area contributed by atoms with Crippen LogP contribution in [0.5, 0.6) is 11.5 Å². The van der Waals surface area contributed by atoms with Crippen LogP contribution in [0.3, 0.4) is 0 Å². The predicted octanol–water partition coefficient (Wildman–Crippen LogP) is 5.03. The summed E-state index contributed by atoms with van der Waals surface area (Å²) in [4.78, 5) is 20.8. The summed E-state index contributed by atoms with van der Waals surface area (Å²) in [6, 6.07) is 6.43. The van der Waals surface area contributed by atoms with E-state index in [1.807, 2.05) is 18.5 Å². The Bertz CT molecular complexity index is 1250. The molecule has 1 aromatic carbocycles. The summed E-state index contributed by atoms with van der Waals surface area (Å²) in [5, 5.41) is 4.21. The van der Waals surface area contributed by atoms with Crippen LogP contribution in [0.25, 0.3) is 0 Å². The van der Waals surface area contributed by atoms with Gasteiger partial charge in [0.2, 0.25) is 5.95 Å². The van der Waals surface area contributed by atoms with Gasteiger partial charge in [-0.05, 0) is 39.1 Å². The highest BCUT2D eigenvalue weighted by atomic mass is 35.5. The second-order valence-corrected chi connectivity index (χ2v) is 10.6. The maximum Gasteiger partial charge on any atom is 0.227 e. The van der Waals surface area contributed by atoms with E-state index < -0.39 is 0 Å². The molecule has 0 atom stereocenters. The van der Waals surface area contributed by atoms with Gasteiger partial charge in [0.25, 0.3) is 0 Å². The second-order valence-electron chi connectivity index (χ2n) is 9.81. The molecule has 38 heavy (non-hydrogen) atoms. The maximum atomic E-state index is 6.64. The first-order chi connectivity index (χ1) is 18.4. The molecule has 2 aliphatic heterocycles. The van der Waals surface area contributed by atoms with E-state index in [9.17, 15) is 0 Å². The zero-order valence-corrected chi connectivity index (χ0v) is 23.7. The highest BCUT2D eigenvalue weighted by Gasteiger charge is 2.26. The van der Waals surface area contributed by atoms with E-state index in [0.717, 1.165) is 55.1 Å². The van der Waals surface area contributed by atoms with Gasteiger partial charge < -0.3 is 29.5 Å². The topological polar surface area (TPSA) is 78.9 Å². The van der Waals surface area contributed by atoms with Crippen LogP contribution in [0, 0.1) is 0 Å². The fraction of sp³-hybridized carbons (Fsp3) is 0.444. The lowest BCUT2D eigenvalue weighted by molar-refractivity contribution is 0.249. The van der Waals surface area contributed by atoms with E-state index in [0.29, 0.717) is 52.3 Å². The summed E-state index contributed by atoms with van der Waals surface area (Å²) < 4.78 is 10.9. The maximum absolute atomic E-state index is 6.64. The average Bonchev–Trinajstić information content (AvgIpc) is 2.94. The smallest absolute Gasteiger partial charge is 0.227 e. The van der Waals surface area contributed by atoms with Crippen molar-refractivity contribution >= 4 is 46.3 Å². The number of hydrogen-bond acceptors (Lipinski definition) is 9. The number of aromatic nitrogens is 3. The summed E-state index contributed by atoms with van der Waals surface area (Å²) in [6.07, 6.45) is 6.72. The molecule has 0 radical (unpaired) electrons. The zero-order chi connectivity index (χ0) is 26.8. The lowest BCUT2D eigenvalue weighted by Crippen LogP contribution is -2.42. The monoisotopic (exact) mass is 557 g/mol. The number of piperidine rings is 1. The van der Waals surface area contributed by atoms with Gasteiger partial charge in [-0.3, -0.25) is 0 Å². The Labute approximate surface area is 233 Å². The van der Waals surface area contributed by atoms with Crippen molar-refractivity contribution in [2.24, 2.45) is 0 Å². The molecular formula is C27H33Cl2N7O2. The van der Waals surface area contributed by atoms with Gasteiger partial charge in [0, 0.05) is 56.5 Å². The third-order valence-corrected chi connectivity index (χ3v) is 8.05. The van der Waals surface area contributed by atoms with E-state index in [1.54, 1.807) is 20.3 Å². The van der Waals surface area contributed by atoms with E-state index in [4.69, 9.17) is 37.7 Å². The Balaban J connectivity index is 1.26. The van der Waals surface area contributed by atoms with Gasteiger partial charge in [-0.15, -0.1) is 0 Å². The van der Waals surface area contributed by atoms with E-state index in [2.05, 4.69) is 50.1 Å². The van der Waals surface area contributed by atoms with Crippen molar-refractivity contribution in [1.29, 1.82) is 0 Å². The molecule has 202 valence electrons. The normalized spacial score (nSPS) is 16.0. The van der Waals surface area contributed by atoms with Crippen LogP contribution in [0.2, 0.25) is 10.0 Å². The third-order valence-electron chi connectivity index (χ3n) is 7.32. The molecule has 0 spiro atoms. The second kappa shape index (κ2) is 11.4. The lowest BCUT2D eigenvalue weighted by atomic mass is 10.0. The number of anilines is 4. The Morgan fingerprint density at radius 3 is 2.26 bits per heavy atom. The highest BCUT2D eigenvalue weighted by Crippen LogP contribution is 2.47. The van der Waals surface area contributed by atoms with Gasteiger partial charge in [-0.2, -0.15) is 0 Å². The predicted molar refractivity (Wildman–Crippen MR) is 153 cm³/mol. The average molecular weight is 559 g/mol. The number of hydrogen-bond donors (Lipinski definition) is 1. The largest absolute Gasteiger partial charge is 0.495 e. The third kappa shape index (κ3) is 5.41. The van der Waals surface area contributed by atoms with E-state index in [1.165, 1.54) is 0 Å². The van der Waals surface area contributed by atoms with Crippen molar-refractivity contribution in [3.63, 3.8) is 0 Å². The quantitative estimate of drug-likeness (QED) is 0.430. The Morgan fingerprint density at radius 2 is 1.66 bits per heavy atom. The molecule has 1 N–H and O–H groups in total. The fourth-order valence-electron chi connectivity index (χ4n) is 5.10. The van der Waals surface area contributed by atoms with Crippen LogP contribution in [-0.4, -0.2) is 73.8 Å². The molecular weight excluding hydrogens is 525 g/mol. The molecule has 2 aliphatic rings. The summed E-state index contributed by atoms with van der Waals surface area (Å²) >= 11 is 13.3. The fourth-order valence-corrected chi connectivity index (χ4v) is 5.84. The number of nitrogens with one attached hydrogen (secondary N) is 1. The minimum Gasteiger partial charge on any atom is -0.495 e. The summed E-state index contributed by atoms with van der Waals surface area (Å²) in [5.74, 6) is 2.59. The molecule has 4 heterocycles. The van der Waals surface area contributed by atoms with Crippen molar-refractivity contribution in [1.82, 2.24) is 19.9 Å². The van der Waals surface area contributed by atoms with Gasteiger partial charge in [0.1, 0.15) is 27.4 Å². The molecule has 2 aromatic heterocycles. The number of pyridine rings is 1. The molecule has 11 heteroatoms. The van der Waals surface area contributed by atoms with Gasteiger partial charge in [0.15, 0.2) is 0 Å². The first-order valence-electron chi connectivity index (χ1n) is 12.7. The molecule has 5 rings (SSSR count). The standard InChI is InChI=1S/C27H33Cl2N7O2/c1-34(2)19-7-10-35(11-8-19)23-6-5-18(15-30-23)32-27-31-14-17-16-36(12-9-20(17)33-27)26-24(28)21(37-3)13-22(38-4)25(26)29/h5-6,13-15,19H,7-12,16H2,1-4H3,(H,31,32,33). The van der Waals surface area contributed by atoms with Gasteiger partial charge in [-0.1, -0.05) is 23.2 Å². The number of ether oxygens (including phenoxy) is 2. The first-order valence-corrected chi connectivity index (χ1v) is 13.5. The number of methoxy groups -OCH3 is 2. The van der Waals surface area contributed by atoms with Gasteiger partial charge in [0.05, 0.1) is 37.5 Å². The van der Waals surface area contributed by atoms with Crippen LogP contribution in [0.4, 0.5) is 23.1 Å². The molecule has 0 aliphatic carbocycles. The molecule has 0 bridgehead atoms. The molecule has 1 saturated heterocycles. The van der Waals surface area contributed by atoms with Crippen molar-refractivity contribution in [3.8, 4) is 11.5 Å². The summed E-state index contributed by atoms with van der Waals surface area (Å²) in [6.45, 7) is 3.31. The van der Waals surface area contributed by atoms with Gasteiger partial charge in [-0.25, -0.2) is 15.0 Å². The van der Waals surface area contributed by atoms with Crippen LogP contribution >= 0.6 is 23.2 Å². The molecule has 0 amide bonds. The van der Waals surface area contributed by atoms with Crippen LogP contribution in [0.15, 0.2) is 30.6 Å². The number of benzene rings is 1. The van der Waals surface area contributed by atoms with E-state index in [-0.39, 0.29) is 0 Å². The van der Waals surface area contributed by atoms with Crippen molar-refractivity contribution in [2.45, 2.75) is 31.8 Å². The number of rotatable bonds is 7. The molecule has 0 unspecified atom stereocenters. The number of halogens is 2. The van der Waals surface area contributed by atoms with E-state index >= 15 is 0 Å². The summed E-state index contributed by atoms with van der Waals surface area (Å²) in [5.41, 5.74) is 3.56. The van der Waals surface area contributed by atoms with Crippen LogP contribution in [0.1, 0.15) is 24.1 Å². The Hall–Kier alpha value is -3.01. The lowest BCUT2D eigenvalue weighted by Gasteiger charge is -2.35. The minimum absolute atomic E-state index is 0.457. The molecule has 9 nitrogen and oxygen atoms in total. The summed E-state index contributed by atoms with van der Waals surface area (Å²) in [7, 11) is 7.45. The molecule has 3 aromatic rings.